The average Bonchev–Trinajstić information content (AvgIpc) is 3.08. The molecular formula is C25H18ClFO5. The van der Waals surface area contributed by atoms with Crippen molar-refractivity contribution in [1.82, 2.24) is 0 Å². The molecule has 3 aromatic carbocycles. The highest BCUT2D eigenvalue weighted by atomic mass is 35.5. The SMILES string of the molecule is Cc1cc(OCc2ccccc2F)cc2c1C(=O)/C(=C/c1cc(Cl)cc3c1OCOC3)O2. The summed E-state index contributed by atoms with van der Waals surface area (Å²) in [6.07, 6.45) is 1.62. The van der Waals surface area contributed by atoms with E-state index >= 15 is 0 Å². The molecule has 0 unspecified atom stereocenters. The van der Waals surface area contributed by atoms with Gasteiger partial charge in [-0.05, 0) is 42.8 Å². The van der Waals surface area contributed by atoms with E-state index in [0.717, 1.165) is 5.56 Å². The normalized spacial score (nSPS) is 15.7. The van der Waals surface area contributed by atoms with Gasteiger partial charge in [0.2, 0.25) is 5.78 Å². The smallest absolute Gasteiger partial charge is 0.232 e. The van der Waals surface area contributed by atoms with Gasteiger partial charge in [0.25, 0.3) is 0 Å². The molecule has 0 amide bonds. The summed E-state index contributed by atoms with van der Waals surface area (Å²) in [7, 11) is 0. The minimum Gasteiger partial charge on any atom is -0.489 e. The number of carbonyl (C=O) groups is 1. The standard InChI is InChI=1S/C25H18ClFO5/c1-14-6-19(30-12-15-4-2-3-5-20(15)27)10-21-23(14)24(28)22(32-21)9-16-7-18(26)8-17-11-29-13-31-25(16)17/h2-10H,11-13H2,1H3/b22-9-. The molecule has 0 N–H and O–H groups in total. The van der Waals surface area contributed by atoms with Gasteiger partial charge in [-0.3, -0.25) is 4.79 Å². The first-order valence-corrected chi connectivity index (χ1v) is 10.4. The van der Waals surface area contributed by atoms with Crippen molar-refractivity contribution in [3.05, 3.63) is 92.9 Å². The van der Waals surface area contributed by atoms with Gasteiger partial charge in [-0.2, -0.15) is 0 Å². The van der Waals surface area contributed by atoms with Crippen molar-refractivity contribution < 1.29 is 28.1 Å². The number of benzene rings is 3. The third-order valence-corrected chi connectivity index (χ3v) is 5.50. The fourth-order valence-electron chi connectivity index (χ4n) is 3.79. The van der Waals surface area contributed by atoms with Crippen LogP contribution in [0.5, 0.6) is 17.2 Å². The lowest BCUT2D eigenvalue weighted by atomic mass is 10.0. The highest BCUT2D eigenvalue weighted by Crippen LogP contribution is 2.39. The molecule has 2 heterocycles. The van der Waals surface area contributed by atoms with Gasteiger partial charge in [-0.15, -0.1) is 0 Å². The Kier molecular flexibility index (Phi) is 5.33. The molecule has 0 saturated heterocycles. The summed E-state index contributed by atoms with van der Waals surface area (Å²) >= 11 is 6.23. The Morgan fingerprint density at radius 2 is 2.03 bits per heavy atom. The van der Waals surface area contributed by atoms with Crippen LogP contribution in [0.15, 0.2) is 54.3 Å². The van der Waals surface area contributed by atoms with Gasteiger partial charge in [0, 0.05) is 27.8 Å². The number of rotatable bonds is 4. The van der Waals surface area contributed by atoms with Crippen LogP contribution in [0.1, 0.15) is 32.6 Å². The predicted molar refractivity (Wildman–Crippen MR) is 117 cm³/mol. The molecule has 2 aliphatic heterocycles. The average molecular weight is 453 g/mol. The van der Waals surface area contributed by atoms with E-state index in [1.54, 1.807) is 55.5 Å². The summed E-state index contributed by atoms with van der Waals surface area (Å²) in [6, 6.07) is 13.3. The van der Waals surface area contributed by atoms with Crippen molar-refractivity contribution in [3.63, 3.8) is 0 Å². The highest BCUT2D eigenvalue weighted by molar-refractivity contribution is 6.31. The number of hydrogen-bond donors (Lipinski definition) is 0. The Hall–Kier alpha value is -3.35. The number of carbonyl (C=O) groups excluding carboxylic acids is 1. The molecule has 32 heavy (non-hydrogen) atoms. The Balaban J connectivity index is 1.43. The van der Waals surface area contributed by atoms with E-state index in [0.29, 0.717) is 51.1 Å². The van der Waals surface area contributed by atoms with Crippen LogP contribution in [-0.2, 0) is 18.0 Å². The molecule has 7 heteroatoms. The summed E-state index contributed by atoms with van der Waals surface area (Å²) in [5.74, 6) is 1.09. The molecule has 2 aliphatic rings. The van der Waals surface area contributed by atoms with Crippen molar-refractivity contribution in [2.24, 2.45) is 0 Å². The van der Waals surface area contributed by atoms with E-state index in [2.05, 4.69) is 0 Å². The zero-order valence-corrected chi connectivity index (χ0v) is 17.9. The molecule has 5 rings (SSSR count). The molecule has 0 saturated carbocycles. The number of ether oxygens (including phenoxy) is 4. The maximum absolute atomic E-state index is 13.9. The zero-order chi connectivity index (χ0) is 22.2. The lowest BCUT2D eigenvalue weighted by Crippen LogP contribution is -2.12. The predicted octanol–water partition coefficient (Wildman–Crippen LogP) is 5.85. The van der Waals surface area contributed by atoms with Gasteiger partial charge >= 0.3 is 0 Å². The highest BCUT2D eigenvalue weighted by Gasteiger charge is 2.31. The van der Waals surface area contributed by atoms with Crippen molar-refractivity contribution in [2.45, 2.75) is 20.1 Å². The molecule has 0 bridgehead atoms. The van der Waals surface area contributed by atoms with Gasteiger partial charge in [-0.25, -0.2) is 4.39 Å². The quantitative estimate of drug-likeness (QED) is 0.465. The molecular weight excluding hydrogens is 435 g/mol. The number of fused-ring (bicyclic) bond motifs is 2. The maximum atomic E-state index is 13.9. The van der Waals surface area contributed by atoms with Crippen LogP contribution >= 0.6 is 11.6 Å². The molecule has 0 spiro atoms. The molecule has 0 fully saturated rings. The Morgan fingerprint density at radius 3 is 2.88 bits per heavy atom. The van der Waals surface area contributed by atoms with Gasteiger partial charge in [0.05, 0.1) is 12.2 Å². The number of ketones is 1. The van der Waals surface area contributed by atoms with Gasteiger partial charge < -0.3 is 18.9 Å². The first-order valence-electron chi connectivity index (χ1n) is 9.97. The maximum Gasteiger partial charge on any atom is 0.232 e. The van der Waals surface area contributed by atoms with E-state index in [1.807, 2.05) is 0 Å². The van der Waals surface area contributed by atoms with E-state index in [9.17, 15) is 9.18 Å². The van der Waals surface area contributed by atoms with Crippen LogP contribution in [0.25, 0.3) is 6.08 Å². The van der Waals surface area contributed by atoms with Crippen LogP contribution in [0.2, 0.25) is 5.02 Å². The first-order chi connectivity index (χ1) is 15.5. The summed E-state index contributed by atoms with van der Waals surface area (Å²) in [5.41, 5.74) is 3.06. The van der Waals surface area contributed by atoms with E-state index in [-0.39, 0.29) is 30.8 Å². The number of hydrogen-bond acceptors (Lipinski definition) is 5. The Morgan fingerprint density at radius 1 is 1.19 bits per heavy atom. The lowest BCUT2D eigenvalue weighted by molar-refractivity contribution is -0.0165. The Labute approximate surface area is 188 Å². The number of allylic oxidation sites excluding steroid dienone is 1. The van der Waals surface area contributed by atoms with Crippen molar-refractivity contribution in [3.8, 4) is 17.2 Å². The topological polar surface area (TPSA) is 54.0 Å². The Bertz CT molecular complexity index is 1270. The van der Waals surface area contributed by atoms with Crippen LogP contribution in [0.3, 0.4) is 0 Å². The second-order valence-electron chi connectivity index (χ2n) is 7.53. The van der Waals surface area contributed by atoms with Crippen LogP contribution in [0.4, 0.5) is 4.39 Å². The van der Waals surface area contributed by atoms with Crippen molar-refractivity contribution in [2.75, 3.05) is 6.79 Å². The van der Waals surface area contributed by atoms with Crippen molar-refractivity contribution in [1.29, 1.82) is 0 Å². The number of Topliss-reactive ketones (excluding diaryl/α,β-unsaturated/α-hetero) is 1. The number of aryl methyl sites for hydroxylation is 1. The largest absolute Gasteiger partial charge is 0.489 e. The van der Waals surface area contributed by atoms with Crippen LogP contribution < -0.4 is 14.2 Å². The molecule has 0 aromatic heterocycles. The third kappa shape index (κ3) is 3.83. The zero-order valence-electron chi connectivity index (χ0n) is 17.1. The minimum atomic E-state index is -0.334. The van der Waals surface area contributed by atoms with Crippen molar-refractivity contribution >= 4 is 23.5 Å². The third-order valence-electron chi connectivity index (χ3n) is 5.29. The minimum absolute atomic E-state index is 0.0651. The summed E-state index contributed by atoms with van der Waals surface area (Å²) in [5, 5.41) is 0.507. The second kappa shape index (κ2) is 8.30. The van der Waals surface area contributed by atoms with Gasteiger partial charge in [0.1, 0.15) is 29.7 Å². The van der Waals surface area contributed by atoms with E-state index in [4.69, 9.17) is 30.5 Å². The fraction of sp³-hybridized carbons (Fsp3) is 0.160. The van der Waals surface area contributed by atoms with Gasteiger partial charge in [0.15, 0.2) is 12.6 Å². The summed E-state index contributed by atoms with van der Waals surface area (Å²) in [6.45, 7) is 2.38. The molecule has 0 atom stereocenters. The second-order valence-corrected chi connectivity index (χ2v) is 7.96. The molecule has 0 radical (unpaired) electrons. The van der Waals surface area contributed by atoms with E-state index in [1.165, 1.54) is 6.07 Å². The van der Waals surface area contributed by atoms with Gasteiger partial charge in [-0.1, -0.05) is 29.8 Å². The lowest BCUT2D eigenvalue weighted by Gasteiger charge is -2.20. The monoisotopic (exact) mass is 452 g/mol. The molecule has 162 valence electrons. The summed E-state index contributed by atoms with van der Waals surface area (Å²) in [4.78, 5) is 13.0. The molecule has 0 aliphatic carbocycles. The van der Waals surface area contributed by atoms with Crippen LogP contribution in [-0.4, -0.2) is 12.6 Å². The summed E-state index contributed by atoms with van der Waals surface area (Å²) < 4.78 is 36.4. The van der Waals surface area contributed by atoms with Crippen LogP contribution in [0, 0.1) is 12.7 Å². The molecule has 3 aromatic rings. The number of halogens is 2. The fourth-order valence-corrected chi connectivity index (χ4v) is 4.04. The first kappa shape index (κ1) is 20.5. The molecule has 5 nitrogen and oxygen atoms in total. The van der Waals surface area contributed by atoms with E-state index < -0.39 is 0 Å².